The van der Waals surface area contributed by atoms with Gasteiger partial charge in [0.1, 0.15) is 0 Å². The van der Waals surface area contributed by atoms with Gasteiger partial charge in [-0.1, -0.05) is 54.6 Å². The minimum absolute atomic E-state index is 0.123. The molecule has 4 rings (SSSR count). The largest absolute Gasteiger partial charge is 0.345 e. The fourth-order valence-corrected chi connectivity index (χ4v) is 3.11. The van der Waals surface area contributed by atoms with Crippen LogP contribution in [0.5, 0.6) is 0 Å². The number of aromatic nitrogens is 2. The molecule has 0 radical (unpaired) electrons. The van der Waals surface area contributed by atoms with Crippen LogP contribution in [0.3, 0.4) is 0 Å². The zero-order chi connectivity index (χ0) is 18.6. The molecule has 132 valence electrons. The van der Waals surface area contributed by atoms with E-state index in [1.807, 2.05) is 79.7 Å². The number of carbonyl (C=O) groups excluding carboxylic acids is 1. The Hall–Kier alpha value is -3.53. The number of rotatable bonds is 4. The first-order valence-corrected chi connectivity index (χ1v) is 8.88. The highest BCUT2D eigenvalue weighted by molar-refractivity contribution is 6.07. The Morgan fingerprint density at radius 3 is 2.52 bits per heavy atom. The van der Waals surface area contributed by atoms with Crippen LogP contribution >= 0.6 is 0 Å². The lowest BCUT2D eigenvalue weighted by molar-refractivity contribution is 0.0941. The quantitative estimate of drug-likeness (QED) is 0.574. The van der Waals surface area contributed by atoms with Gasteiger partial charge in [-0.15, -0.1) is 0 Å². The summed E-state index contributed by atoms with van der Waals surface area (Å²) in [5.41, 5.74) is 4.16. The van der Waals surface area contributed by atoms with Crippen molar-refractivity contribution in [2.45, 2.75) is 13.0 Å². The minimum atomic E-state index is -0.140. The smallest absolute Gasteiger partial charge is 0.252 e. The summed E-state index contributed by atoms with van der Waals surface area (Å²) in [4.78, 5) is 21.9. The predicted octanol–water partition coefficient (Wildman–Crippen LogP) is 4.79. The van der Waals surface area contributed by atoms with Gasteiger partial charge in [0.2, 0.25) is 0 Å². The molecule has 4 aromatic rings. The molecule has 1 N–H and O–H groups in total. The van der Waals surface area contributed by atoms with Crippen molar-refractivity contribution >= 4 is 16.8 Å². The SMILES string of the molecule is CC(NC(=O)c1cc(-c2ccccc2)nc2ccccc12)c1cccnc1. The van der Waals surface area contributed by atoms with Gasteiger partial charge in [-0.3, -0.25) is 9.78 Å². The Kier molecular flexibility index (Phi) is 4.62. The van der Waals surface area contributed by atoms with E-state index < -0.39 is 0 Å². The normalized spacial score (nSPS) is 11.9. The molecule has 0 aliphatic rings. The van der Waals surface area contributed by atoms with E-state index in [0.717, 1.165) is 27.7 Å². The molecule has 27 heavy (non-hydrogen) atoms. The van der Waals surface area contributed by atoms with Crippen molar-refractivity contribution in [2.24, 2.45) is 0 Å². The molecule has 0 bridgehead atoms. The van der Waals surface area contributed by atoms with Crippen LogP contribution in [-0.2, 0) is 0 Å². The third kappa shape index (κ3) is 3.55. The maximum absolute atomic E-state index is 13.1. The van der Waals surface area contributed by atoms with Gasteiger partial charge >= 0.3 is 0 Å². The molecule has 2 aromatic carbocycles. The van der Waals surface area contributed by atoms with E-state index in [-0.39, 0.29) is 11.9 Å². The summed E-state index contributed by atoms with van der Waals surface area (Å²) >= 11 is 0. The van der Waals surface area contributed by atoms with Crippen LogP contribution in [0.2, 0.25) is 0 Å². The lowest BCUT2D eigenvalue weighted by atomic mass is 10.0. The van der Waals surface area contributed by atoms with Crippen molar-refractivity contribution < 1.29 is 4.79 Å². The molecule has 4 heteroatoms. The van der Waals surface area contributed by atoms with E-state index in [4.69, 9.17) is 4.98 Å². The molecule has 0 spiro atoms. The predicted molar refractivity (Wildman–Crippen MR) is 107 cm³/mol. The topological polar surface area (TPSA) is 54.9 Å². The van der Waals surface area contributed by atoms with Crippen LogP contribution in [0, 0.1) is 0 Å². The Labute approximate surface area is 157 Å². The third-order valence-electron chi connectivity index (χ3n) is 4.56. The zero-order valence-corrected chi connectivity index (χ0v) is 15.0. The molecule has 0 saturated heterocycles. The number of hydrogen-bond acceptors (Lipinski definition) is 3. The molecule has 4 nitrogen and oxygen atoms in total. The van der Waals surface area contributed by atoms with Gasteiger partial charge in [-0.25, -0.2) is 4.98 Å². The molecule has 0 aliphatic heterocycles. The molecule has 2 heterocycles. The van der Waals surface area contributed by atoms with Crippen LogP contribution in [0.1, 0.15) is 28.9 Å². The number of hydrogen-bond donors (Lipinski definition) is 1. The lowest BCUT2D eigenvalue weighted by Gasteiger charge is -2.15. The number of pyridine rings is 2. The monoisotopic (exact) mass is 353 g/mol. The zero-order valence-electron chi connectivity index (χ0n) is 15.0. The van der Waals surface area contributed by atoms with Gasteiger partial charge in [0.25, 0.3) is 5.91 Å². The van der Waals surface area contributed by atoms with Gasteiger partial charge in [-0.05, 0) is 30.7 Å². The molecular weight excluding hydrogens is 334 g/mol. The van der Waals surface area contributed by atoms with E-state index in [9.17, 15) is 4.79 Å². The highest BCUT2D eigenvalue weighted by Crippen LogP contribution is 2.25. The fourth-order valence-electron chi connectivity index (χ4n) is 3.11. The van der Waals surface area contributed by atoms with Crippen molar-refractivity contribution in [3.8, 4) is 11.3 Å². The maximum Gasteiger partial charge on any atom is 0.252 e. The molecule has 1 amide bonds. The first kappa shape index (κ1) is 16.9. The number of amides is 1. The fraction of sp³-hybridized carbons (Fsp3) is 0.0870. The third-order valence-corrected chi connectivity index (χ3v) is 4.56. The Balaban J connectivity index is 1.74. The Morgan fingerprint density at radius 2 is 1.74 bits per heavy atom. The highest BCUT2D eigenvalue weighted by Gasteiger charge is 2.16. The summed E-state index contributed by atoms with van der Waals surface area (Å²) in [6.45, 7) is 1.95. The first-order valence-electron chi connectivity index (χ1n) is 8.88. The van der Waals surface area contributed by atoms with Gasteiger partial charge < -0.3 is 5.32 Å². The second-order valence-electron chi connectivity index (χ2n) is 6.42. The van der Waals surface area contributed by atoms with E-state index in [1.165, 1.54) is 0 Å². The van der Waals surface area contributed by atoms with Gasteiger partial charge in [0, 0.05) is 23.3 Å². The summed E-state index contributed by atoms with van der Waals surface area (Å²) in [7, 11) is 0. The maximum atomic E-state index is 13.1. The summed E-state index contributed by atoms with van der Waals surface area (Å²) in [6.07, 6.45) is 3.49. The van der Waals surface area contributed by atoms with E-state index >= 15 is 0 Å². The lowest BCUT2D eigenvalue weighted by Crippen LogP contribution is -2.27. The molecule has 1 unspecified atom stereocenters. The number of fused-ring (bicyclic) bond motifs is 1. The number of para-hydroxylation sites is 1. The summed E-state index contributed by atoms with van der Waals surface area (Å²) < 4.78 is 0. The number of nitrogens with one attached hydrogen (secondary N) is 1. The number of benzene rings is 2. The second kappa shape index (κ2) is 7.38. The van der Waals surface area contributed by atoms with Crippen LogP contribution in [0.4, 0.5) is 0 Å². The van der Waals surface area contributed by atoms with Gasteiger partial charge in [0.05, 0.1) is 22.8 Å². The standard InChI is InChI=1S/C23H19N3O/c1-16(18-10-7-13-24-15-18)25-23(27)20-14-22(17-8-3-2-4-9-17)26-21-12-6-5-11-19(20)21/h2-16H,1H3,(H,25,27). The molecule has 0 aliphatic carbocycles. The molecule has 1 atom stereocenters. The summed E-state index contributed by atoms with van der Waals surface area (Å²) in [5.74, 6) is -0.123. The molecule has 0 saturated carbocycles. The summed E-state index contributed by atoms with van der Waals surface area (Å²) in [6, 6.07) is 23.2. The Bertz CT molecular complexity index is 1080. The van der Waals surface area contributed by atoms with Crippen LogP contribution in [-0.4, -0.2) is 15.9 Å². The minimum Gasteiger partial charge on any atom is -0.345 e. The average molecular weight is 353 g/mol. The molecular formula is C23H19N3O. The van der Waals surface area contributed by atoms with Crippen LogP contribution < -0.4 is 5.32 Å². The van der Waals surface area contributed by atoms with Crippen molar-refractivity contribution in [3.63, 3.8) is 0 Å². The van der Waals surface area contributed by atoms with Crippen molar-refractivity contribution in [2.75, 3.05) is 0 Å². The van der Waals surface area contributed by atoms with Gasteiger partial charge in [-0.2, -0.15) is 0 Å². The molecule has 0 fully saturated rings. The van der Waals surface area contributed by atoms with Crippen LogP contribution in [0.25, 0.3) is 22.2 Å². The number of carbonyl (C=O) groups is 1. The van der Waals surface area contributed by atoms with E-state index in [0.29, 0.717) is 5.56 Å². The van der Waals surface area contributed by atoms with Crippen molar-refractivity contribution in [3.05, 3.63) is 96.3 Å². The van der Waals surface area contributed by atoms with E-state index in [1.54, 1.807) is 12.4 Å². The second-order valence-corrected chi connectivity index (χ2v) is 6.42. The number of nitrogens with zero attached hydrogens (tertiary/aromatic N) is 2. The van der Waals surface area contributed by atoms with Crippen LogP contribution in [0.15, 0.2) is 85.2 Å². The van der Waals surface area contributed by atoms with E-state index in [2.05, 4.69) is 10.3 Å². The first-order chi connectivity index (χ1) is 13.2. The average Bonchev–Trinajstić information content (AvgIpc) is 2.74. The highest BCUT2D eigenvalue weighted by atomic mass is 16.1. The van der Waals surface area contributed by atoms with Crippen molar-refractivity contribution in [1.82, 2.24) is 15.3 Å². The molecule has 2 aromatic heterocycles. The van der Waals surface area contributed by atoms with Gasteiger partial charge in [0.15, 0.2) is 0 Å². The van der Waals surface area contributed by atoms with Crippen molar-refractivity contribution in [1.29, 1.82) is 0 Å². The summed E-state index contributed by atoms with van der Waals surface area (Å²) in [5, 5.41) is 3.92. The Morgan fingerprint density at radius 1 is 0.963 bits per heavy atom.